The zero-order valence-electron chi connectivity index (χ0n) is 14.4. The highest BCUT2D eigenvalue weighted by Crippen LogP contribution is 2.28. The third-order valence-electron chi connectivity index (χ3n) is 4.88. The third kappa shape index (κ3) is 3.12. The maximum Gasteiger partial charge on any atom is 0.289 e. The van der Waals surface area contributed by atoms with E-state index in [0.29, 0.717) is 31.5 Å². The lowest BCUT2D eigenvalue weighted by Gasteiger charge is -2.35. The van der Waals surface area contributed by atoms with Crippen LogP contribution in [0.15, 0.2) is 18.2 Å². The van der Waals surface area contributed by atoms with Gasteiger partial charge in [-0.25, -0.2) is 4.98 Å². The van der Waals surface area contributed by atoms with Gasteiger partial charge in [0.25, 0.3) is 11.1 Å². The van der Waals surface area contributed by atoms with E-state index in [0.717, 1.165) is 33.4 Å². The Morgan fingerprint density at radius 2 is 2.04 bits per heavy atom. The molecule has 0 unspecified atom stereocenters. The molecule has 2 aromatic rings. The maximum absolute atomic E-state index is 12.8. The molecule has 136 valence electrons. The van der Waals surface area contributed by atoms with E-state index >= 15 is 0 Å². The predicted octanol–water partition coefficient (Wildman–Crippen LogP) is 3.16. The molecule has 0 N–H and O–H groups in total. The number of carbonyl (C=O) groups is 3. The summed E-state index contributed by atoms with van der Waals surface area (Å²) >= 11 is 2.70. The zero-order chi connectivity index (χ0) is 18.3. The second-order valence-corrected chi connectivity index (χ2v) is 8.53. The molecular weight excluding hydrogens is 370 g/mol. The second-order valence-electron chi connectivity index (χ2n) is 6.49. The fourth-order valence-corrected chi connectivity index (χ4v) is 5.21. The summed E-state index contributed by atoms with van der Waals surface area (Å²) in [4.78, 5) is 44.3. The minimum atomic E-state index is -0.151. The largest absolute Gasteiger partial charge is 0.338 e. The number of carbonyl (C=O) groups excluding carboxylic acids is 3. The van der Waals surface area contributed by atoms with Crippen LogP contribution in [-0.4, -0.2) is 56.7 Å². The Labute approximate surface area is 159 Å². The van der Waals surface area contributed by atoms with E-state index in [1.165, 1.54) is 4.90 Å². The summed E-state index contributed by atoms with van der Waals surface area (Å²) < 4.78 is 1.04. The van der Waals surface area contributed by atoms with Crippen LogP contribution in [0.1, 0.15) is 35.1 Å². The van der Waals surface area contributed by atoms with Crippen molar-refractivity contribution in [2.45, 2.75) is 32.2 Å². The highest BCUT2D eigenvalue weighted by atomic mass is 32.2. The van der Waals surface area contributed by atoms with Crippen LogP contribution in [0.5, 0.6) is 0 Å². The normalized spacial score (nSPS) is 19.0. The molecular formula is C18H19N3O3S2. The number of benzene rings is 1. The van der Waals surface area contributed by atoms with Gasteiger partial charge in [0.05, 0.1) is 21.0 Å². The molecule has 1 aromatic heterocycles. The average Bonchev–Trinajstić information content (AvgIpc) is 3.23. The number of imide groups is 1. The highest BCUT2D eigenvalue weighted by Gasteiger charge is 2.38. The monoisotopic (exact) mass is 389 g/mol. The lowest BCUT2D eigenvalue weighted by Crippen LogP contribution is -2.48. The van der Waals surface area contributed by atoms with E-state index in [9.17, 15) is 14.4 Å². The van der Waals surface area contributed by atoms with E-state index in [2.05, 4.69) is 11.9 Å². The minimum Gasteiger partial charge on any atom is -0.338 e. The molecule has 2 saturated heterocycles. The lowest BCUT2D eigenvalue weighted by atomic mass is 10.0. The number of aryl methyl sites for hydroxylation is 1. The molecule has 3 heterocycles. The third-order valence-corrected chi connectivity index (χ3v) is 6.88. The number of hydrogen-bond acceptors (Lipinski definition) is 6. The number of rotatable bonds is 3. The van der Waals surface area contributed by atoms with Crippen molar-refractivity contribution in [3.8, 4) is 0 Å². The smallest absolute Gasteiger partial charge is 0.289 e. The van der Waals surface area contributed by atoms with Crippen LogP contribution < -0.4 is 0 Å². The van der Waals surface area contributed by atoms with Gasteiger partial charge in [-0.1, -0.05) is 18.7 Å². The first-order chi connectivity index (χ1) is 12.6. The highest BCUT2D eigenvalue weighted by molar-refractivity contribution is 8.14. The number of nitrogens with zero attached hydrogens (tertiary/aromatic N) is 3. The molecule has 0 radical (unpaired) electrons. The SMILES string of the molecule is CCc1nc2ccc(C(=O)N3CCC(N4C(=O)CSC4=O)CC3)cc2s1. The molecule has 6 nitrogen and oxygen atoms in total. The van der Waals surface area contributed by atoms with Gasteiger partial charge in [-0.15, -0.1) is 11.3 Å². The number of thiazole rings is 1. The van der Waals surface area contributed by atoms with Crippen LogP contribution in [0.4, 0.5) is 4.79 Å². The van der Waals surface area contributed by atoms with Gasteiger partial charge < -0.3 is 4.90 Å². The Bertz CT molecular complexity index is 871. The molecule has 2 fully saturated rings. The van der Waals surface area contributed by atoms with E-state index in [4.69, 9.17) is 0 Å². The van der Waals surface area contributed by atoms with Gasteiger partial charge in [0, 0.05) is 24.7 Å². The van der Waals surface area contributed by atoms with Crippen LogP contribution in [0, 0.1) is 0 Å². The minimum absolute atomic E-state index is 0.00486. The van der Waals surface area contributed by atoms with Gasteiger partial charge in [0.2, 0.25) is 5.91 Å². The summed E-state index contributed by atoms with van der Waals surface area (Å²) in [5, 5.41) is 0.922. The van der Waals surface area contributed by atoms with Crippen molar-refractivity contribution >= 4 is 50.4 Å². The van der Waals surface area contributed by atoms with Crippen molar-refractivity contribution in [3.05, 3.63) is 28.8 Å². The van der Waals surface area contributed by atoms with Crippen molar-refractivity contribution < 1.29 is 14.4 Å². The molecule has 0 atom stereocenters. The van der Waals surface area contributed by atoms with Gasteiger partial charge in [0.1, 0.15) is 0 Å². The number of aromatic nitrogens is 1. The summed E-state index contributed by atoms with van der Waals surface area (Å²) in [6.45, 7) is 3.20. The van der Waals surface area contributed by atoms with E-state index in [1.54, 1.807) is 11.3 Å². The van der Waals surface area contributed by atoms with E-state index in [1.807, 2.05) is 23.1 Å². The van der Waals surface area contributed by atoms with Gasteiger partial charge in [-0.3, -0.25) is 19.3 Å². The Hall–Kier alpha value is -1.93. The molecule has 0 saturated carbocycles. The number of fused-ring (bicyclic) bond motifs is 1. The topological polar surface area (TPSA) is 70.6 Å². The fraction of sp³-hybridized carbons (Fsp3) is 0.444. The van der Waals surface area contributed by atoms with Crippen molar-refractivity contribution in [3.63, 3.8) is 0 Å². The second kappa shape index (κ2) is 7.00. The van der Waals surface area contributed by atoms with Crippen LogP contribution >= 0.6 is 23.1 Å². The summed E-state index contributed by atoms with van der Waals surface area (Å²) in [5.41, 5.74) is 1.61. The number of likely N-dealkylation sites (tertiary alicyclic amines) is 1. The molecule has 4 rings (SSSR count). The number of piperidine rings is 1. The molecule has 2 aliphatic heterocycles. The molecule has 3 amide bonds. The van der Waals surface area contributed by atoms with Crippen LogP contribution in [-0.2, 0) is 11.2 Å². The van der Waals surface area contributed by atoms with Crippen molar-refractivity contribution in [1.82, 2.24) is 14.8 Å². The fourth-order valence-electron chi connectivity index (χ4n) is 3.48. The Morgan fingerprint density at radius 3 is 2.69 bits per heavy atom. The van der Waals surface area contributed by atoms with Crippen LogP contribution in [0.25, 0.3) is 10.2 Å². The van der Waals surface area contributed by atoms with Crippen LogP contribution in [0.2, 0.25) is 0 Å². The quantitative estimate of drug-likeness (QED) is 0.806. The molecule has 26 heavy (non-hydrogen) atoms. The van der Waals surface area contributed by atoms with Crippen molar-refractivity contribution in [1.29, 1.82) is 0 Å². The summed E-state index contributed by atoms with van der Waals surface area (Å²) in [6.07, 6.45) is 2.18. The van der Waals surface area contributed by atoms with E-state index < -0.39 is 0 Å². The molecule has 2 aliphatic rings. The van der Waals surface area contributed by atoms with Gasteiger partial charge >= 0.3 is 0 Å². The predicted molar refractivity (Wildman–Crippen MR) is 103 cm³/mol. The summed E-state index contributed by atoms with van der Waals surface area (Å²) in [7, 11) is 0. The zero-order valence-corrected chi connectivity index (χ0v) is 16.1. The summed E-state index contributed by atoms with van der Waals surface area (Å²) in [5.74, 6) is 0.143. The summed E-state index contributed by atoms with van der Waals surface area (Å²) in [6, 6.07) is 5.58. The number of amides is 3. The first-order valence-corrected chi connectivity index (χ1v) is 10.5. The molecule has 1 aromatic carbocycles. The standard InChI is InChI=1S/C18H19N3O3S2/c1-2-15-19-13-4-3-11(9-14(13)26-15)17(23)20-7-5-12(6-8-20)21-16(22)10-25-18(21)24/h3-4,9,12H,2,5-8,10H2,1H3. The lowest BCUT2D eigenvalue weighted by molar-refractivity contribution is -0.126. The van der Waals surface area contributed by atoms with Crippen LogP contribution in [0.3, 0.4) is 0 Å². The first-order valence-electron chi connectivity index (χ1n) is 8.74. The number of thioether (sulfide) groups is 1. The molecule has 0 aliphatic carbocycles. The Balaban J connectivity index is 1.45. The van der Waals surface area contributed by atoms with Crippen molar-refractivity contribution in [2.75, 3.05) is 18.8 Å². The maximum atomic E-state index is 12.8. The van der Waals surface area contributed by atoms with Gasteiger partial charge in [-0.05, 0) is 37.5 Å². The van der Waals surface area contributed by atoms with Gasteiger partial charge in [-0.2, -0.15) is 0 Å². The number of hydrogen-bond donors (Lipinski definition) is 0. The Morgan fingerprint density at radius 1 is 1.27 bits per heavy atom. The molecule has 8 heteroatoms. The average molecular weight is 390 g/mol. The Kier molecular flexibility index (Phi) is 4.71. The van der Waals surface area contributed by atoms with Crippen molar-refractivity contribution in [2.24, 2.45) is 0 Å². The van der Waals surface area contributed by atoms with E-state index in [-0.39, 0.29) is 28.8 Å². The first kappa shape index (κ1) is 17.5. The molecule has 0 spiro atoms. The molecule has 0 bridgehead atoms. The van der Waals surface area contributed by atoms with Gasteiger partial charge in [0.15, 0.2) is 0 Å².